The highest BCUT2D eigenvalue weighted by molar-refractivity contribution is 7.89. The molecule has 1 amide bonds. The van der Waals surface area contributed by atoms with Gasteiger partial charge in [0.05, 0.1) is 18.1 Å². The summed E-state index contributed by atoms with van der Waals surface area (Å²) in [7, 11) is -3.55. The molecule has 2 aromatic rings. The summed E-state index contributed by atoms with van der Waals surface area (Å²) in [5, 5.41) is 3.57. The molecule has 3 rings (SSSR count). The van der Waals surface area contributed by atoms with Crippen molar-refractivity contribution in [3.63, 3.8) is 0 Å². The Balaban J connectivity index is 1.51. The number of ether oxygens (including phenoxy) is 1. The quantitative estimate of drug-likeness (QED) is 0.696. The fourth-order valence-corrected chi connectivity index (χ4v) is 4.50. The molecule has 150 valence electrons. The van der Waals surface area contributed by atoms with Gasteiger partial charge in [0.25, 0.3) is 5.91 Å². The molecular weight excluding hydrogens is 400 g/mol. The summed E-state index contributed by atoms with van der Waals surface area (Å²) < 4.78 is 31.8. The van der Waals surface area contributed by atoms with Crippen LogP contribution in [-0.2, 0) is 21.2 Å². The third kappa shape index (κ3) is 5.32. The second-order valence-corrected chi connectivity index (χ2v) is 8.90. The van der Waals surface area contributed by atoms with Gasteiger partial charge in [0.2, 0.25) is 10.0 Å². The number of sulfonamides is 1. The third-order valence-electron chi connectivity index (χ3n) is 4.57. The molecule has 0 aliphatic carbocycles. The lowest BCUT2D eigenvalue weighted by atomic mass is 10.1. The SMILES string of the molecule is O=C(NCCCc1ccc(Cl)cc1)c1ccc(S(=O)(=O)N2CCOCC2)cc1. The highest BCUT2D eigenvalue weighted by Gasteiger charge is 2.26. The largest absolute Gasteiger partial charge is 0.379 e. The molecule has 0 saturated carbocycles. The second kappa shape index (κ2) is 9.52. The lowest BCUT2D eigenvalue weighted by Gasteiger charge is -2.26. The van der Waals surface area contributed by atoms with Gasteiger partial charge in [-0.1, -0.05) is 23.7 Å². The first-order chi connectivity index (χ1) is 13.5. The van der Waals surface area contributed by atoms with Crippen molar-refractivity contribution >= 4 is 27.5 Å². The minimum Gasteiger partial charge on any atom is -0.379 e. The maximum atomic E-state index is 12.6. The van der Waals surface area contributed by atoms with E-state index in [-0.39, 0.29) is 10.8 Å². The normalized spacial score (nSPS) is 15.3. The van der Waals surface area contributed by atoms with Crippen molar-refractivity contribution in [2.45, 2.75) is 17.7 Å². The molecule has 0 spiro atoms. The number of halogens is 1. The Hall–Kier alpha value is -1.93. The minimum absolute atomic E-state index is 0.189. The Morgan fingerprint density at radius 1 is 1.04 bits per heavy atom. The van der Waals surface area contributed by atoms with Crippen LogP contribution in [0.3, 0.4) is 0 Å². The van der Waals surface area contributed by atoms with Crippen molar-refractivity contribution in [1.82, 2.24) is 9.62 Å². The smallest absolute Gasteiger partial charge is 0.251 e. The van der Waals surface area contributed by atoms with Gasteiger partial charge in [-0.3, -0.25) is 4.79 Å². The zero-order chi connectivity index (χ0) is 20.0. The standard InChI is InChI=1S/C20H23ClN2O4S/c21-18-7-3-16(4-8-18)2-1-11-22-20(24)17-5-9-19(10-6-17)28(25,26)23-12-14-27-15-13-23/h3-10H,1-2,11-15H2,(H,22,24). The molecule has 0 unspecified atom stereocenters. The van der Waals surface area contributed by atoms with Crippen LogP contribution in [0.4, 0.5) is 0 Å². The van der Waals surface area contributed by atoms with E-state index in [4.69, 9.17) is 16.3 Å². The second-order valence-electron chi connectivity index (χ2n) is 6.53. The van der Waals surface area contributed by atoms with Crippen LogP contribution in [0.5, 0.6) is 0 Å². The fourth-order valence-electron chi connectivity index (χ4n) is 2.96. The van der Waals surface area contributed by atoms with Crippen molar-refractivity contribution in [2.24, 2.45) is 0 Å². The highest BCUT2D eigenvalue weighted by atomic mass is 35.5. The Bertz CT molecular complexity index is 893. The molecule has 0 atom stereocenters. The van der Waals surface area contributed by atoms with Crippen LogP contribution in [0.25, 0.3) is 0 Å². The van der Waals surface area contributed by atoms with E-state index in [2.05, 4.69) is 5.32 Å². The van der Waals surface area contributed by atoms with Gasteiger partial charge in [0.15, 0.2) is 0 Å². The number of hydrogen-bond acceptors (Lipinski definition) is 4. The van der Waals surface area contributed by atoms with E-state index in [1.165, 1.54) is 16.4 Å². The van der Waals surface area contributed by atoms with Gasteiger partial charge in [-0.25, -0.2) is 8.42 Å². The Morgan fingerprint density at radius 2 is 1.68 bits per heavy atom. The first-order valence-electron chi connectivity index (χ1n) is 9.17. The van der Waals surface area contributed by atoms with Gasteiger partial charge < -0.3 is 10.1 Å². The maximum absolute atomic E-state index is 12.6. The van der Waals surface area contributed by atoms with E-state index in [0.717, 1.165) is 18.4 Å². The summed E-state index contributed by atoms with van der Waals surface area (Å²) in [5.41, 5.74) is 1.60. The maximum Gasteiger partial charge on any atom is 0.251 e. The first-order valence-corrected chi connectivity index (χ1v) is 11.0. The highest BCUT2D eigenvalue weighted by Crippen LogP contribution is 2.18. The van der Waals surface area contributed by atoms with E-state index in [9.17, 15) is 13.2 Å². The van der Waals surface area contributed by atoms with E-state index in [1.54, 1.807) is 12.1 Å². The van der Waals surface area contributed by atoms with E-state index >= 15 is 0 Å². The van der Waals surface area contributed by atoms with Crippen molar-refractivity contribution in [3.8, 4) is 0 Å². The van der Waals surface area contributed by atoms with E-state index < -0.39 is 10.0 Å². The molecule has 1 fully saturated rings. The summed E-state index contributed by atoms with van der Waals surface area (Å²) in [5.74, 6) is -0.216. The molecule has 6 nitrogen and oxygen atoms in total. The Kier molecular flexibility index (Phi) is 7.07. The summed E-state index contributed by atoms with van der Waals surface area (Å²) in [6, 6.07) is 13.7. The third-order valence-corrected chi connectivity index (χ3v) is 6.73. The molecule has 1 N–H and O–H groups in total. The number of morpholine rings is 1. The van der Waals surface area contributed by atoms with Gasteiger partial charge >= 0.3 is 0 Å². The van der Waals surface area contributed by atoms with Crippen molar-refractivity contribution in [2.75, 3.05) is 32.8 Å². The van der Waals surface area contributed by atoms with Gasteiger partial charge in [-0.2, -0.15) is 4.31 Å². The predicted octanol–water partition coefficient (Wildman–Crippen LogP) is 2.72. The topological polar surface area (TPSA) is 75.7 Å². The molecule has 1 aliphatic rings. The van der Waals surface area contributed by atoms with Crippen molar-refractivity contribution in [3.05, 3.63) is 64.7 Å². The van der Waals surface area contributed by atoms with Gasteiger partial charge in [-0.05, 0) is 54.8 Å². The van der Waals surface area contributed by atoms with Crippen LogP contribution in [0.1, 0.15) is 22.3 Å². The van der Waals surface area contributed by atoms with Crippen molar-refractivity contribution < 1.29 is 17.9 Å². The van der Waals surface area contributed by atoms with Gasteiger partial charge in [-0.15, -0.1) is 0 Å². The summed E-state index contributed by atoms with van der Waals surface area (Å²) >= 11 is 5.86. The molecule has 0 aromatic heterocycles. The number of carbonyl (C=O) groups is 1. The number of hydrogen-bond donors (Lipinski definition) is 1. The molecule has 1 saturated heterocycles. The molecule has 0 bridgehead atoms. The molecule has 1 aliphatic heterocycles. The first kappa shape index (κ1) is 20.8. The van der Waals surface area contributed by atoms with Crippen molar-refractivity contribution in [1.29, 1.82) is 0 Å². The van der Waals surface area contributed by atoms with Gasteiger partial charge in [0.1, 0.15) is 0 Å². The summed E-state index contributed by atoms with van der Waals surface area (Å²) in [6.45, 7) is 2.02. The molecule has 2 aromatic carbocycles. The van der Waals surface area contributed by atoms with Crippen LogP contribution >= 0.6 is 11.6 Å². The Morgan fingerprint density at radius 3 is 2.32 bits per heavy atom. The van der Waals surface area contributed by atoms with E-state index in [0.29, 0.717) is 43.4 Å². The number of nitrogens with zero attached hydrogens (tertiary/aromatic N) is 1. The molecule has 1 heterocycles. The number of carbonyl (C=O) groups excluding carboxylic acids is 1. The molecule has 8 heteroatoms. The summed E-state index contributed by atoms with van der Waals surface area (Å²) in [4.78, 5) is 12.4. The predicted molar refractivity (Wildman–Crippen MR) is 108 cm³/mol. The Labute approximate surface area is 170 Å². The lowest BCUT2D eigenvalue weighted by molar-refractivity contribution is 0.0730. The number of benzene rings is 2. The average molecular weight is 423 g/mol. The van der Waals surface area contributed by atoms with Crippen LogP contribution in [-0.4, -0.2) is 51.5 Å². The minimum atomic E-state index is -3.55. The summed E-state index contributed by atoms with van der Waals surface area (Å²) in [6.07, 6.45) is 1.64. The van der Waals surface area contributed by atoms with Crippen LogP contribution < -0.4 is 5.32 Å². The molecule has 28 heavy (non-hydrogen) atoms. The van der Waals surface area contributed by atoms with Crippen LogP contribution in [0, 0.1) is 0 Å². The zero-order valence-electron chi connectivity index (χ0n) is 15.4. The van der Waals surface area contributed by atoms with Gasteiger partial charge in [0, 0.05) is 30.2 Å². The number of amides is 1. The fraction of sp³-hybridized carbons (Fsp3) is 0.350. The van der Waals surface area contributed by atoms with Crippen LogP contribution in [0.2, 0.25) is 5.02 Å². The number of rotatable bonds is 7. The zero-order valence-corrected chi connectivity index (χ0v) is 17.0. The lowest BCUT2D eigenvalue weighted by Crippen LogP contribution is -2.40. The molecule has 0 radical (unpaired) electrons. The average Bonchev–Trinajstić information content (AvgIpc) is 2.73. The molecular formula is C20H23ClN2O4S. The monoisotopic (exact) mass is 422 g/mol. The van der Waals surface area contributed by atoms with Crippen LogP contribution in [0.15, 0.2) is 53.4 Å². The number of nitrogens with one attached hydrogen (secondary N) is 1. The number of aryl methyl sites for hydroxylation is 1. The van der Waals surface area contributed by atoms with E-state index in [1.807, 2.05) is 24.3 Å².